The Balaban J connectivity index is 0.00000113. The van der Waals surface area contributed by atoms with E-state index in [1.165, 1.54) is 4.68 Å². The van der Waals surface area contributed by atoms with Gasteiger partial charge in [-0.05, 0) is 54.4 Å². The topological polar surface area (TPSA) is 194 Å². The number of hydrogen-bond acceptors (Lipinski definition) is 8. The number of fused-ring (bicyclic) bond motifs is 14. The molecule has 2 aliphatic heterocycles. The van der Waals surface area contributed by atoms with E-state index in [-0.39, 0.29) is 62.1 Å². The monoisotopic (exact) mass is 801 g/mol. The number of aromatic nitrogens is 3. The molecular weight excluding hydrogens is 747 g/mol. The van der Waals surface area contributed by atoms with Gasteiger partial charge in [-0.1, -0.05) is 84.0 Å². The summed E-state index contributed by atoms with van der Waals surface area (Å²) in [5.41, 5.74) is 1.66. The van der Waals surface area contributed by atoms with Gasteiger partial charge in [0.25, 0.3) is 0 Å². The Hall–Kier alpha value is -5.48. The van der Waals surface area contributed by atoms with Gasteiger partial charge in [-0.3, -0.25) is 19.2 Å². The minimum Gasteiger partial charge on any atom is -0.491 e. The molecule has 0 spiro atoms. The van der Waals surface area contributed by atoms with E-state index < -0.39 is 42.1 Å². The molecule has 4 amide bonds. The van der Waals surface area contributed by atoms with Crippen LogP contribution in [0.15, 0.2) is 54.6 Å². The van der Waals surface area contributed by atoms with Crippen LogP contribution in [0, 0.1) is 24.7 Å². The Morgan fingerprint density at radius 2 is 1.56 bits per heavy atom. The highest BCUT2D eigenvalue weighted by molar-refractivity contribution is 5.92. The SMILES string of the molecule is Cc1nc2n(n1)CC(=O)N[C@@H](CC(C)C)COc1ccc(cc1)C[C@@H](NC(=O)CC(C)C)C(=O)N[C@@H](Cc1ccccc1)C(=O)N[C@H]2C(C)C.O=C(O)C(F)(F)F. The van der Waals surface area contributed by atoms with Crippen molar-refractivity contribution in [2.24, 2.45) is 17.8 Å². The number of halogens is 3. The van der Waals surface area contributed by atoms with Crippen molar-refractivity contribution in [3.05, 3.63) is 77.4 Å². The summed E-state index contributed by atoms with van der Waals surface area (Å²) in [5, 5.41) is 23.7. The molecule has 1 aromatic heterocycles. The number of carbonyl (C=O) groups excluding carboxylic acids is 4. The molecule has 3 heterocycles. The van der Waals surface area contributed by atoms with E-state index in [2.05, 4.69) is 45.2 Å². The lowest BCUT2D eigenvalue weighted by atomic mass is 9.99. The number of benzene rings is 2. The van der Waals surface area contributed by atoms with E-state index in [9.17, 15) is 32.3 Å². The third-order valence-electron chi connectivity index (χ3n) is 8.68. The standard InChI is InChI=1S/C38H53N7O5.C2HF3O2/c1-23(2)17-29-22-50-30-15-13-28(14-16-30)20-31(41-33(46)18-24(3)4)37(48)42-32(19-27-11-9-8-10-12-27)38(49)43-35(25(5)6)36-39-26(7)44-45(36)21-34(47)40-29;3-2(4,5)1(6)7/h8-16,23-25,29,31-32,35H,17-22H2,1-7H3,(H,40,47)(H,41,46)(H,42,48)(H,43,49);(H,6,7)/t29-,31+,32-,35-;/m0./s1. The van der Waals surface area contributed by atoms with E-state index in [4.69, 9.17) is 14.6 Å². The lowest BCUT2D eigenvalue weighted by molar-refractivity contribution is -0.192. The molecule has 3 aromatic rings. The van der Waals surface area contributed by atoms with Gasteiger partial charge in [0, 0.05) is 19.3 Å². The van der Waals surface area contributed by atoms with Gasteiger partial charge >= 0.3 is 12.1 Å². The van der Waals surface area contributed by atoms with Gasteiger partial charge < -0.3 is 31.1 Å². The summed E-state index contributed by atoms with van der Waals surface area (Å²) < 4.78 is 39.4. The van der Waals surface area contributed by atoms with Gasteiger partial charge in [-0.25, -0.2) is 14.5 Å². The molecule has 0 saturated heterocycles. The summed E-state index contributed by atoms with van der Waals surface area (Å²) in [5.74, 6) is -2.35. The second-order valence-electron chi connectivity index (χ2n) is 15.2. The Morgan fingerprint density at radius 3 is 2.12 bits per heavy atom. The molecule has 312 valence electrons. The van der Waals surface area contributed by atoms with Crippen molar-refractivity contribution in [2.75, 3.05) is 6.61 Å². The average Bonchev–Trinajstić information content (AvgIpc) is 3.47. The zero-order chi connectivity index (χ0) is 42.4. The zero-order valence-corrected chi connectivity index (χ0v) is 33.4. The number of carboxylic acid groups (broad SMARTS) is 1. The highest BCUT2D eigenvalue weighted by Gasteiger charge is 2.38. The molecule has 57 heavy (non-hydrogen) atoms. The second-order valence-corrected chi connectivity index (χ2v) is 15.2. The fraction of sp³-hybridized carbons (Fsp3) is 0.525. The van der Waals surface area contributed by atoms with Gasteiger partial charge in [-0.2, -0.15) is 18.3 Å². The number of nitrogens with zero attached hydrogens (tertiary/aromatic N) is 3. The maximum Gasteiger partial charge on any atom is 0.490 e. The first-order valence-electron chi connectivity index (χ1n) is 18.9. The molecule has 5 N–H and O–H groups in total. The Bertz CT molecular complexity index is 1800. The third-order valence-corrected chi connectivity index (χ3v) is 8.68. The van der Waals surface area contributed by atoms with Crippen LogP contribution < -0.4 is 26.0 Å². The molecule has 2 aromatic carbocycles. The van der Waals surface area contributed by atoms with Crippen LogP contribution in [0.5, 0.6) is 5.75 Å². The first-order valence-corrected chi connectivity index (χ1v) is 18.9. The van der Waals surface area contributed by atoms with E-state index in [0.29, 0.717) is 29.7 Å². The summed E-state index contributed by atoms with van der Waals surface area (Å²) in [4.78, 5) is 68.2. The van der Waals surface area contributed by atoms with E-state index in [0.717, 1.165) is 11.1 Å². The van der Waals surface area contributed by atoms with Crippen molar-refractivity contribution in [1.82, 2.24) is 36.0 Å². The Morgan fingerprint density at radius 1 is 0.930 bits per heavy atom. The maximum absolute atomic E-state index is 14.2. The maximum atomic E-state index is 14.2. The van der Waals surface area contributed by atoms with Gasteiger partial charge in [0.05, 0.1) is 12.1 Å². The summed E-state index contributed by atoms with van der Waals surface area (Å²) in [7, 11) is 0. The van der Waals surface area contributed by atoms with Crippen molar-refractivity contribution < 1.29 is 47.0 Å². The summed E-state index contributed by atoms with van der Waals surface area (Å²) >= 11 is 0. The van der Waals surface area contributed by atoms with Crippen LogP contribution in [-0.2, 0) is 43.4 Å². The minimum atomic E-state index is -5.08. The summed E-state index contributed by atoms with van der Waals surface area (Å²) in [6.45, 7) is 13.9. The molecule has 2 bridgehead atoms. The van der Waals surface area contributed by atoms with Gasteiger partial charge in [-0.15, -0.1) is 0 Å². The van der Waals surface area contributed by atoms with Crippen molar-refractivity contribution in [3.8, 4) is 5.75 Å². The van der Waals surface area contributed by atoms with Crippen molar-refractivity contribution in [1.29, 1.82) is 0 Å². The Labute approximate surface area is 330 Å². The minimum absolute atomic E-state index is 0.0967. The van der Waals surface area contributed by atoms with Gasteiger partial charge in [0.15, 0.2) is 5.82 Å². The Kier molecular flexibility index (Phi) is 17.0. The van der Waals surface area contributed by atoms with Crippen molar-refractivity contribution in [2.45, 2.75) is 111 Å². The second kappa shape index (κ2) is 21.2. The van der Waals surface area contributed by atoms with Crippen LogP contribution in [0.2, 0.25) is 0 Å². The molecule has 2 aliphatic rings. The molecule has 4 atom stereocenters. The smallest absolute Gasteiger partial charge is 0.490 e. The van der Waals surface area contributed by atoms with Crippen LogP contribution in [0.4, 0.5) is 13.2 Å². The number of hydrogen-bond donors (Lipinski definition) is 5. The number of nitrogens with one attached hydrogen (secondary N) is 4. The summed E-state index contributed by atoms with van der Waals surface area (Å²) in [6, 6.07) is 14.0. The molecule has 14 nitrogen and oxygen atoms in total. The molecular formula is C40H54F3N7O7. The highest BCUT2D eigenvalue weighted by Crippen LogP contribution is 2.22. The number of carboxylic acids is 1. The molecule has 0 saturated carbocycles. The molecule has 5 rings (SSSR count). The van der Waals surface area contributed by atoms with Crippen LogP contribution in [-0.4, -0.2) is 80.4 Å². The van der Waals surface area contributed by atoms with Crippen LogP contribution in [0.3, 0.4) is 0 Å². The average molecular weight is 802 g/mol. The van der Waals surface area contributed by atoms with E-state index in [1.807, 2.05) is 82.3 Å². The van der Waals surface area contributed by atoms with E-state index >= 15 is 0 Å². The predicted molar refractivity (Wildman–Crippen MR) is 205 cm³/mol. The van der Waals surface area contributed by atoms with Gasteiger partial charge in [0.2, 0.25) is 23.6 Å². The fourth-order valence-corrected chi connectivity index (χ4v) is 6.07. The van der Waals surface area contributed by atoms with Crippen LogP contribution >= 0.6 is 0 Å². The summed E-state index contributed by atoms with van der Waals surface area (Å²) in [6.07, 6.45) is -3.70. The quantitative estimate of drug-likeness (QED) is 0.219. The number of carbonyl (C=O) groups is 5. The molecule has 17 heteroatoms. The van der Waals surface area contributed by atoms with Gasteiger partial charge in [0.1, 0.15) is 36.8 Å². The molecule has 0 unspecified atom stereocenters. The first-order chi connectivity index (χ1) is 26.7. The van der Waals surface area contributed by atoms with Crippen molar-refractivity contribution in [3.63, 3.8) is 0 Å². The fourth-order valence-electron chi connectivity index (χ4n) is 6.07. The highest BCUT2D eigenvalue weighted by atomic mass is 19.4. The number of ether oxygens (including phenoxy) is 1. The van der Waals surface area contributed by atoms with Crippen LogP contribution in [0.1, 0.15) is 83.2 Å². The lowest BCUT2D eigenvalue weighted by Gasteiger charge is -2.27. The number of rotatable bonds is 8. The normalized spacial score (nSPS) is 19.7. The largest absolute Gasteiger partial charge is 0.491 e. The predicted octanol–water partition coefficient (Wildman–Crippen LogP) is 4.46. The molecule has 0 fully saturated rings. The molecule has 0 radical (unpaired) electrons. The van der Waals surface area contributed by atoms with E-state index in [1.54, 1.807) is 6.92 Å². The van der Waals surface area contributed by atoms with Crippen molar-refractivity contribution >= 4 is 29.6 Å². The number of aliphatic carboxylic acids is 1. The molecule has 0 aliphatic carbocycles. The third kappa shape index (κ3) is 15.5. The first kappa shape index (κ1) is 45.9. The lowest BCUT2D eigenvalue weighted by Crippen LogP contribution is -2.55. The zero-order valence-electron chi connectivity index (χ0n) is 33.4. The number of amides is 4. The number of aryl methyl sites for hydroxylation is 1. The number of alkyl halides is 3. The van der Waals surface area contributed by atoms with Crippen LogP contribution in [0.25, 0.3) is 0 Å².